The number of hydrogen-bond acceptors (Lipinski definition) is 6. The van der Waals surface area contributed by atoms with Crippen molar-refractivity contribution in [3.05, 3.63) is 46.5 Å². The molecule has 1 aliphatic rings. The van der Waals surface area contributed by atoms with Gasteiger partial charge in [0.1, 0.15) is 5.15 Å². The van der Waals surface area contributed by atoms with Gasteiger partial charge in [-0.05, 0) is 11.6 Å². The summed E-state index contributed by atoms with van der Waals surface area (Å²) in [6.07, 6.45) is 5.21. The van der Waals surface area contributed by atoms with Crippen molar-refractivity contribution in [1.29, 1.82) is 0 Å². The lowest BCUT2D eigenvalue weighted by Gasteiger charge is -2.27. The molecule has 0 N–H and O–H groups in total. The van der Waals surface area contributed by atoms with Crippen LogP contribution in [0, 0.1) is 0 Å². The maximum Gasteiger partial charge on any atom is 0.246 e. The summed E-state index contributed by atoms with van der Waals surface area (Å²) in [6.45, 7) is 2.27. The van der Waals surface area contributed by atoms with E-state index in [4.69, 9.17) is 11.6 Å². The van der Waals surface area contributed by atoms with E-state index in [0.29, 0.717) is 18.1 Å². The van der Waals surface area contributed by atoms with Crippen LogP contribution in [-0.2, 0) is 29.3 Å². The van der Waals surface area contributed by atoms with Gasteiger partial charge in [-0.2, -0.15) is 0 Å². The van der Waals surface area contributed by atoms with Crippen LogP contribution >= 0.6 is 11.6 Å². The lowest BCUT2D eigenvalue weighted by Crippen LogP contribution is -2.31. The van der Waals surface area contributed by atoms with E-state index < -0.39 is 9.84 Å². The molecule has 0 fully saturated rings. The predicted molar refractivity (Wildman–Crippen MR) is 82.2 cm³/mol. The summed E-state index contributed by atoms with van der Waals surface area (Å²) in [5.41, 5.74) is 2.88. The average molecular weight is 339 g/mol. The minimum atomic E-state index is -3.36. The summed E-state index contributed by atoms with van der Waals surface area (Å²) in [4.78, 5) is 14.5. The summed E-state index contributed by atoms with van der Waals surface area (Å²) in [5.74, 6) is 0. The van der Waals surface area contributed by atoms with Crippen LogP contribution in [0.15, 0.2) is 29.7 Å². The van der Waals surface area contributed by atoms with Crippen LogP contribution in [0.4, 0.5) is 0 Å². The zero-order chi connectivity index (χ0) is 15.7. The second-order valence-corrected chi connectivity index (χ2v) is 7.64. The lowest BCUT2D eigenvalue weighted by molar-refractivity contribution is 0.242. The second-order valence-electron chi connectivity index (χ2n) is 5.35. The molecule has 6 nitrogen and oxygen atoms in total. The normalized spacial score (nSPS) is 15.5. The topological polar surface area (TPSA) is 76.1 Å². The molecule has 1 aliphatic heterocycles. The number of nitrogens with zero attached hydrogens (tertiary/aromatic N) is 4. The van der Waals surface area contributed by atoms with Crippen molar-refractivity contribution in [2.45, 2.75) is 24.7 Å². The number of pyridine rings is 1. The summed E-state index contributed by atoms with van der Waals surface area (Å²) < 4.78 is 23.0. The second kappa shape index (κ2) is 5.91. The molecule has 0 atom stereocenters. The first-order valence-electron chi connectivity index (χ1n) is 6.79. The molecule has 0 spiro atoms. The van der Waals surface area contributed by atoms with E-state index in [9.17, 15) is 8.42 Å². The molecule has 3 heterocycles. The Labute approximate surface area is 134 Å². The Morgan fingerprint density at radius 1 is 1.27 bits per heavy atom. The molecule has 22 heavy (non-hydrogen) atoms. The molecule has 0 unspecified atom stereocenters. The smallest absolute Gasteiger partial charge is 0.246 e. The van der Waals surface area contributed by atoms with Crippen LogP contribution in [-0.4, -0.2) is 41.1 Å². The van der Waals surface area contributed by atoms with E-state index in [1.165, 1.54) is 0 Å². The number of fused-ring (bicyclic) bond motifs is 1. The van der Waals surface area contributed by atoms with Crippen LogP contribution in [0.2, 0.25) is 5.15 Å². The van der Waals surface area contributed by atoms with E-state index in [1.54, 1.807) is 18.5 Å². The Morgan fingerprint density at radius 2 is 2.09 bits per heavy atom. The third kappa shape index (κ3) is 3.43. The fraction of sp³-hybridized carbons (Fsp3) is 0.357. The molecule has 8 heteroatoms. The molecule has 0 saturated carbocycles. The Balaban J connectivity index is 1.75. The Morgan fingerprint density at radius 3 is 2.77 bits per heavy atom. The number of rotatable bonds is 3. The fourth-order valence-corrected chi connectivity index (χ4v) is 3.06. The fourth-order valence-electron chi connectivity index (χ4n) is 2.43. The number of aromatic nitrogens is 3. The largest absolute Gasteiger partial charge is 0.294 e. The minimum absolute atomic E-state index is 0.0957. The van der Waals surface area contributed by atoms with Crippen LogP contribution in [0.5, 0.6) is 0 Å². The van der Waals surface area contributed by atoms with Crippen LogP contribution < -0.4 is 0 Å². The van der Waals surface area contributed by atoms with Crippen molar-refractivity contribution < 1.29 is 8.42 Å². The van der Waals surface area contributed by atoms with E-state index in [2.05, 4.69) is 19.9 Å². The molecule has 0 saturated heterocycles. The standard InChI is InChI=1S/C14H15ClN4O2S/c1-22(20,21)14-17-7-11-9-19(5-4-12(11)18-14)8-10-2-3-13(15)16-6-10/h2-3,6-7H,4-5,8-9H2,1H3. The van der Waals surface area contributed by atoms with Crippen molar-refractivity contribution in [3.8, 4) is 0 Å². The average Bonchev–Trinajstić information content (AvgIpc) is 2.48. The highest BCUT2D eigenvalue weighted by Gasteiger charge is 2.21. The zero-order valence-electron chi connectivity index (χ0n) is 12.0. The quantitative estimate of drug-likeness (QED) is 0.623. The minimum Gasteiger partial charge on any atom is -0.294 e. The van der Waals surface area contributed by atoms with E-state index >= 15 is 0 Å². The van der Waals surface area contributed by atoms with Gasteiger partial charge in [-0.1, -0.05) is 17.7 Å². The Kier molecular flexibility index (Phi) is 4.12. The van der Waals surface area contributed by atoms with Gasteiger partial charge in [0.25, 0.3) is 0 Å². The Bertz CT molecular complexity index is 793. The third-order valence-corrected chi connectivity index (χ3v) is 4.60. The van der Waals surface area contributed by atoms with E-state index in [1.807, 2.05) is 6.07 Å². The van der Waals surface area contributed by atoms with Crippen LogP contribution in [0.3, 0.4) is 0 Å². The van der Waals surface area contributed by atoms with Gasteiger partial charge in [0.05, 0.1) is 5.69 Å². The molecule has 0 aliphatic carbocycles. The van der Waals surface area contributed by atoms with Crippen molar-refractivity contribution in [1.82, 2.24) is 19.9 Å². The van der Waals surface area contributed by atoms with E-state index in [0.717, 1.165) is 36.2 Å². The highest BCUT2D eigenvalue weighted by atomic mass is 35.5. The molecule has 0 radical (unpaired) electrons. The van der Waals surface area contributed by atoms with Gasteiger partial charge in [-0.3, -0.25) is 4.90 Å². The van der Waals surface area contributed by atoms with Crippen molar-refractivity contribution in [2.75, 3.05) is 12.8 Å². The summed E-state index contributed by atoms with van der Waals surface area (Å²) in [7, 11) is -3.36. The highest BCUT2D eigenvalue weighted by Crippen LogP contribution is 2.19. The molecule has 2 aromatic rings. The number of sulfone groups is 1. The number of halogens is 1. The van der Waals surface area contributed by atoms with Gasteiger partial charge in [-0.15, -0.1) is 0 Å². The molecule has 0 aromatic carbocycles. The van der Waals surface area contributed by atoms with Gasteiger partial charge in [0.15, 0.2) is 0 Å². The number of hydrogen-bond donors (Lipinski definition) is 0. The first kappa shape index (κ1) is 15.3. The lowest BCUT2D eigenvalue weighted by atomic mass is 10.1. The monoisotopic (exact) mass is 338 g/mol. The molecule has 0 amide bonds. The van der Waals surface area contributed by atoms with Gasteiger partial charge >= 0.3 is 0 Å². The molecule has 2 aromatic heterocycles. The third-order valence-electron chi connectivity index (χ3n) is 3.52. The van der Waals surface area contributed by atoms with Crippen LogP contribution in [0.1, 0.15) is 16.8 Å². The van der Waals surface area contributed by atoms with Gasteiger partial charge < -0.3 is 0 Å². The first-order chi connectivity index (χ1) is 10.4. The summed E-state index contributed by atoms with van der Waals surface area (Å²) in [5, 5.41) is 0.385. The Hall–Kier alpha value is -1.57. The molecule has 3 rings (SSSR count). The van der Waals surface area contributed by atoms with Crippen LogP contribution in [0.25, 0.3) is 0 Å². The molecule has 116 valence electrons. The van der Waals surface area contributed by atoms with Crippen molar-refractivity contribution >= 4 is 21.4 Å². The summed E-state index contributed by atoms with van der Waals surface area (Å²) >= 11 is 5.78. The van der Waals surface area contributed by atoms with Gasteiger partial charge in [-0.25, -0.2) is 23.4 Å². The zero-order valence-corrected chi connectivity index (χ0v) is 13.6. The SMILES string of the molecule is CS(=O)(=O)c1ncc2c(n1)CCN(Cc1ccc(Cl)nc1)C2. The van der Waals surface area contributed by atoms with Crippen molar-refractivity contribution in [2.24, 2.45) is 0 Å². The first-order valence-corrected chi connectivity index (χ1v) is 9.06. The van der Waals surface area contributed by atoms with Crippen molar-refractivity contribution in [3.63, 3.8) is 0 Å². The maximum atomic E-state index is 11.5. The maximum absolute atomic E-state index is 11.5. The molecular weight excluding hydrogens is 324 g/mol. The molecule has 0 bridgehead atoms. The van der Waals surface area contributed by atoms with Gasteiger partial charge in [0.2, 0.25) is 15.0 Å². The predicted octanol–water partition coefficient (Wildman–Crippen LogP) is 1.49. The van der Waals surface area contributed by atoms with Gasteiger partial charge in [0, 0.05) is 50.3 Å². The highest BCUT2D eigenvalue weighted by molar-refractivity contribution is 7.90. The summed E-state index contributed by atoms with van der Waals surface area (Å²) in [6, 6.07) is 3.73. The molecular formula is C14H15ClN4O2S. The van der Waals surface area contributed by atoms with E-state index in [-0.39, 0.29) is 5.16 Å².